The third kappa shape index (κ3) is 5.03. The Hall–Kier alpha value is -2.41. The fourth-order valence-corrected chi connectivity index (χ4v) is 3.17. The number of likely N-dealkylation sites (tertiary alicyclic amines) is 1. The van der Waals surface area contributed by atoms with Crippen molar-refractivity contribution in [2.75, 3.05) is 19.6 Å². The van der Waals surface area contributed by atoms with E-state index in [9.17, 15) is 4.79 Å². The molecule has 0 radical (unpaired) electrons. The highest BCUT2D eigenvalue weighted by Gasteiger charge is 2.30. The first kappa shape index (κ1) is 17.4. The number of hydrogen-bond donors (Lipinski definition) is 2. The van der Waals surface area contributed by atoms with Gasteiger partial charge in [-0.05, 0) is 18.4 Å². The lowest BCUT2D eigenvalue weighted by Gasteiger charge is -2.17. The van der Waals surface area contributed by atoms with Crippen LogP contribution in [0, 0.1) is 12.8 Å². The SMILES string of the molecule is Cc1noc(CCNC(=O)N[C@H]2CN(Cc3ccccc3)C[C@@H]2C)n1. The molecule has 7 nitrogen and oxygen atoms in total. The molecule has 1 saturated heterocycles. The van der Waals surface area contributed by atoms with Crippen LogP contribution in [0.5, 0.6) is 0 Å². The predicted molar refractivity (Wildman–Crippen MR) is 93.9 cm³/mol. The quantitative estimate of drug-likeness (QED) is 0.835. The highest BCUT2D eigenvalue weighted by atomic mass is 16.5. The van der Waals surface area contributed by atoms with Gasteiger partial charge in [0.05, 0.1) is 0 Å². The largest absolute Gasteiger partial charge is 0.339 e. The first-order valence-electron chi connectivity index (χ1n) is 8.70. The summed E-state index contributed by atoms with van der Waals surface area (Å²) in [5.41, 5.74) is 1.30. The van der Waals surface area contributed by atoms with E-state index in [0.29, 0.717) is 30.6 Å². The molecule has 7 heteroatoms. The minimum Gasteiger partial charge on any atom is -0.339 e. The van der Waals surface area contributed by atoms with Crippen LogP contribution in [0.15, 0.2) is 34.9 Å². The molecule has 1 fully saturated rings. The summed E-state index contributed by atoms with van der Waals surface area (Å²) >= 11 is 0. The van der Waals surface area contributed by atoms with Crippen molar-refractivity contribution in [3.8, 4) is 0 Å². The standard InChI is InChI=1S/C18H25N5O2/c1-13-10-23(11-15-6-4-3-5-7-15)12-16(13)21-18(24)19-9-8-17-20-14(2)22-25-17/h3-7,13,16H,8-12H2,1-2H3,(H2,19,21,24)/t13-,16-/m0/s1. The van der Waals surface area contributed by atoms with E-state index < -0.39 is 0 Å². The molecule has 2 atom stereocenters. The second-order valence-corrected chi connectivity index (χ2v) is 6.65. The lowest BCUT2D eigenvalue weighted by atomic mass is 10.1. The molecule has 1 aromatic heterocycles. The average Bonchev–Trinajstić information content (AvgIpc) is 3.14. The van der Waals surface area contributed by atoms with Crippen LogP contribution in [0.4, 0.5) is 4.79 Å². The molecular weight excluding hydrogens is 318 g/mol. The van der Waals surface area contributed by atoms with Gasteiger partial charge in [-0.2, -0.15) is 4.98 Å². The molecule has 25 heavy (non-hydrogen) atoms. The van der Waals surface area contributed by atoms with E-state index in [0.717, 1.165) is 19.6 Å². The van der Waals surface area contributed by atoms with Crippen LogP contribution in [0.3, 0.4) is 0 Å². The third-order valence-corrected chi connectivity index (χ3v) is 4.45. The van der Waals surface area contributed by atoms with Crippen molar-refractivity contribution in [1.82, 2.24) is 25.7 Å². The third-order valence-electron chi connectivity index (χ3n) is 4.45. The molecule has 2 amide bonds. The highest BCUT2D eigenvalue weighted by molar-refractivity contribution is 5.74. The van der Waals surface area contributed by atoms with E-state index in [2.05, 4.69) is 56.9 Å². The molecule has 0 bridgehead atoms. The van der Waals surface area contributed by atoms with Gasteiger partial charge in [0.25, 0.3) is 0 Å². The minimum atomic E-state index is -0.144. The maximum absolute atomic E-state index is 12.1. The van der Waals surface area contributed by atoms with Gasteiger partial charge < -0.3 is 15.2 Å². The zero-order valence-corrected chi connectivity index (χ0v) is 14.7. The zero-order valence-electron chi connectivity index (χ0n) is 14.7. The van der Waals surface area contributed by atoms with Gasteiger partial charge in [-0.1, -0.05) is 42.4 Å². The lowest BCUT2D eigenvalue weighted by Crippen LogP contribution is -2.45. The fourth-order valence-electron chi connectivity index (χ4n) is 3.17. The van der Waals surface area contributed by atoms with Crippen LogP contribution in [-0.4, -0.2) is 46.7 Å². The molecule has 1 aliphatic heterocycles. The Balaban J connectivity index is 1.40. The van der Waals surface area contributed by atoms with E-state index >= 15 is 0 Å². The molecule has 0 spiro atoms. The predicted octanol–water partition coefficient (Wildman–Crippen LogP) is 1.74. The van der Waals surface area contributed by atoms with Crippen LogP contribution < -0.4 is 10.6 Å². The van der Waals surface area contributed by atoms with Gasteiger partial charge in [0.1, 0.15) is 0 Å². The van der Waals surface area contributed by atoms with Gasteiger partial charge in [-0.15, -0.1) is 0 Å². The van der Waals surface area contributed by atoms with Crippen LogP contribution in [-0.2, 0) is 13.0 Å². The Morgan fingerprint density at radius 2 is 2.12 bits per heavy atom. The number of urea groups is 1. The van der Waals surface area contributed by atoms with Crippen molar-refractivity contribution >= 4 is 6.03 Å². The van der Waals surface area contributed by atoms with Crippen molar-refractivity contribution in [2.45, 2.75) is 32.9 Å². The first-order valence-corrected chi connectivity index (χ1v) is 8.70. The topological polar surface area (TPSA) is 83.3 Å². The van der Waals surface area contributed by atoms with E-state index in [4.69, 9.17) is 4.52 Å². The minimum absolute atomic E-state index is 0.144. The number of nitrogens with one attached hydrogen (secondary N) is 2. The summed E-state index contributed by atoms with van der Waals surface area (Å²) in [6.45, 7) is 7.20. The van der Waals surface area contributed by atoms with Crippen molar-refractivity contribution in [3.05, 3.63) is 47.6 Å². The number of nitrogens with zero attached hydrogens (tertiary/aromatic N) is 3. The maximum Gasteiger partial charge on any atom is 0.315 e. The molecule has 1 aromatic carbocycles. The summed E-state index contributed by atoms with van der Waals surface area (Å²) in [4.78, 5) is 18.6. The number of hydrogen-bond acceptors (Lipinski definition) is 5. The normalized spacial score (nSPS) is 20.6. The van der Waals surface area contributed by atoms with Gasteiger partial charge in [0.15, 0.2) is 5.82 Å². The molecule has 2 heterocycles. The van der Waals surface area contributed by atoms with Gasteiger partial charge >= 0.3 is 6.03 Å². The van der Waals surface area contributed by atoms with Crippen LogP contribution in [0.2, 0.25) is 0 Å². The molecule has 0 aliphatic carbocycles. The summed E-state index contributed by atoms with van der Waals surface area (Å²) in [5.74, 6) is 1.58. The molecule has 0 unspecified atom stereocenters. The number of amides is 2. The summed E-state index contributed by atoms with van der Waals surface area (Å²) in [7, 11) is 0. The molecule has 2 N–H and O–H groups in total. The van der Waals surface area contributed by atoms with Crippen LogP contribution >= 0.6 is 0 Å². The molecular formula is C18H25N5O2. The second kappa shape index (κ2) is 8.11. The van der Waals surface area contributed by atoms with E-state index in [1.165, 1.54) is 5.56 Å². The maximum atomic E-state index is 12.1. The Bertz CT molecular complexity index is 688. The summed E-state index contributed by atoms with van der Waals surface area (Å²) in [6, 6.07) is 10.4. The highest BCUT2D eigenvalue weighted by Crippen LogP contribution is 2.18. The Morgan fingerprint density at radius 1 is 1.32 bits per heavy atom. The van der Waals surface area contributed by atoms with Crippen molar-refractivity contribution in [1.29, 1.82) is 0 Å². The Kier molecular flexibility index (Phi) is 5.65. The molecule has 3 rings (SSSR count). The Morgan fingerprint density at radius 3 is 2.84 bits per heavy atom. The smallest absolute Gasteiger partial charge is 0.315 e. The van der Waals surface area contributed by atoms with Crippen LogP contribution in [0.1, 0.15) is 24.2 Å². The van der Waals surface area contributed by atoms with E-state index in [-0.39, 0.29) is 12.1 Å². The zero-order chi connectivity index (χ0) is 17.6. The first-order chi connectivity index (χ1) is 12.1. The number of carbonyl (C=O) groups excluding carboxylic acids is 1. The number of aryl methyl sites for hydroxylation is 1. The number of benzene rings is 1. The van der Waals surface area contributed by atoms with Gasteiger partial charge in [0.2, 0.25) is 5.89 Å². The monoisotopic (exact) mass is 343 g/mol. The molecule has 0 saturated carbocycles. The van der Waals surface area contributed by atoms with Crippen molar-refractivity contribution < 1.29 is 9.32 Å². The summed E-state index contributed by atoms with van der Waals surface area (Å²) in [6.07, 6.45) is 0.536. The molecule has 134 valence electrons. The Labute approximate surface area is 147 Å². The van der Waals surface area contributed by atoms with Crippen molar-refractivity contribution in [2.24, 2.45) is 5.92 Å². The number of carbonyl (C=O) groups is 1. The number of aromatic nitrogens is 2. The molecule has 1 aliphatic rings. The van der Waals surface area contributed by atoms with Crippen LogP contribution in [0.25, 0.3) is 0 Å². The molecule has 2 aromatic rings. The van der Waals surface area contributed by atoms with E-state index in [1.54, 1.807) is 6.92 Å². The van der Waals surface area contributed by atoms with E-state index in [1.807, 2.05) is 6.07 Å². The van der Waals surface area contributed by atoms with Crippen molar-refractivity contribution in [3.63, 3.8) is 0 Å². The summed E-state index contributed by atoms with van der Waals surface area (Å²) < 4.78 is 5.03. The second-order valence-electron chi connectivity index (χ2n) is 6.65. The lowest BCUT2D eigenvalue weighted by molar-refractivity contribution is 0.234. The fraction of sp³-hybridized carbons (Fsp3) is 0.500. The summed E-state index contributed by atoms with van der Waals surface area (Å²) in [5, 5.41) is 9.66. The van der Waals surface area contributed by atoms with Gasteiger partial charge in [-0.25, -0.2) is 4.79 Å². The average molecular weight is 343 g/mol. The van der Waals surface area contributed by atoms with Gasteiger partial charge in [-0.3, -0.25) is 4.90 Å². The number of rotatable bonds is 6. The van der Waals surface area contributed by atoms with Gasteiger partial charge in [0, 0.05) is 38.6 Å².